The lowest BCUT2D eigenvalue weighted by Crippen LogP contribution is -1.47. The van der Waals surface area contributed by atoms with Gasteiger partial charge in [0.15, 0.2) is 0 Å². The van der Waals surface area contributed by atoms with E-state index in [1.807, 2.05) is 0 Å². The van der Waals surface area contributed by atoms with Crippen LogP contribution in [0.5, 0.6) is 0 Å². The molecule has 0 atom stereocenters. The topological polar surface area (TPSA) is 40.9 Å². The van der Waals surface area contributed by atoms with Crippen molar-refractivity contribution in [2.45, 2.75) is 26.7 Å². The third-order valence-electron chi connectivity index (χ3n) is 0.500. The Kier molecular flexibility index (Phi) is 58.0. The van der Waals surface area contributed by atoms with Gasteiger partial charge >= 0.3 is 0 Å². The second kappa shape index (κ2) is 29.6. The van der Waals surface area contributed by atoms with E-state index in [4.69, 9.17) is 10.2 Å². The summed E-state index contributed by atoms with van der Waals surface area (Å²) < 4.78 is 0. The van der Waals surface area contributed by atoms with E-state index < -0.39 is 0 Å². The molecular formula is C5H13NOS. The minimum absolute atomic E-state index is 0. The van der Waals surface area contributed by atoms with Gasteiger partial charge in [-0.25, -0.2) is 10.2 Å². The van der Waals surface area contributed by atoms with Crippen LogP contribution in [-0.4, -0.2) is 6.08 Å². The van der Waals surface area contributed by atoms with Crippen LogP contribution in [-0.2, 0) is 4.79 Å². The maximum Gasteiger partial charge on any atom is 0.231 e. The molecule has 2 nitrogen and oxygen atoms in total. The monoisotopic (exact) mass is 135 g/mol. The van der Waals surface area contributed by atoms with Crippen molar-refractivity contribution in [3.63, 3.8) is 0 Å². The second-order valence-corrected chi connectivity index (χ2v) is 1.10. The molecule has 0 aromatic carbocycles. The van der Waals surface area contributed by atoms with Gasteiger partial charge in [0.1, 0.15) is 0 Å². The Labute approximate surface area is 57.2 Å². The third-order valence-corrected chi connectivity index (χ3v) is 0.500. The number of rotatable bonds is 1. The minimum atomic E-state index is 0. The summed E-state index contributed by atoms with van der Waals surface area (Å²) in [6, 6.07) is 0. The Morgan fingerprint density at radius 2 is 1.50 bits per heavy atom. The minimum Gasteiger partial charge on any atom is -0.222 e. The number of unbranched alkanes of at least 4 members (excludes halogenated alkanes) is 1. The van der Waals surface area contributed by atoms with E-state index in [2.05, 4.69) is 13.8 Å². The predicted octanol–water partition coefficient (Wildman–Crippen LogP) is 1.82. The number of hydrogen-bond donors (Lipinski definition) is 1. The van der Waals surface area contributed by atoms with Crippen molar-refractivity contribution in [1.29, 1.82) is 5.41 Å². The molecule has 0 aliphatic heterocycles. The smallest absolute Gasteiger partial charge is 0.222 e. The van der Waals surface area contributed by atoms with Gasteiger partial charge in [-0.15, -0.1) is 0 Å². The fourth-order valence-corrected chi connectivity index (χ4v) is 0. The molecule has 0 aliphatic carbocycles. The Bertz CT molecular complexity index is 48.4. The molecule has 0 spiro atoms. The molecule has 0 aliphatic rings. The van der Waals surface area contributed by atoms with Gasteiger partial charge in [0.2, 0.25) is 6.08 Å². The molecule has 8 heavy (non-hydrogen) atoms. The molecule has 1 N–H and O–H groups in total. The van der Waals surface area contributed by atoms with Crippen molar-refractivity contribution in [2.75, 3.05) is 0 Å². The largest absolute Gasteiger partial charge is 0.231 e. The van der Waals surface area contributed by atoms with Crippen LogP contribution in [0.2, 0.25) is 0 Å². The Hall–Kier alpha value is -0.270. The van der Waals surface area contributed by atoms with Crippen molar-refractivity contribution in [3.8, 4) is 0 Å². The van der Waals surface area contributed by atoms with Crippen molar-refractivity contribution in [2.24, 2.45) is 0 Å². The zero-order valence-electron chi connectivity index (χ0n) is 5.32. The molecule has 0 heterocycles. The summed E-state index contributed by atoms with van der Waals surface area (Å²) in [5, 5.41) is 5.40. The van der Waals surface area contributed by atoms with Crippen LogP contribution in [0.4, 0.5) is 0 Å². The maximum atomic E-state index is 8.35. The summed E-state index contributed by atoms with van der Waals surface area (Å²) in [5.74, 6) is 0. The van der Waals surface area contributed by atoms with Gasteiger partial charge < -0.3 is 0 Å². The van der Waals surface area contributed by atoms with Gasteiger partial charge in [-0.05, 0) is 0 Å². The summed E-state index contributed by atoms with van der Waals surface area (Å²) in [6.07, 6.45) is 3.39. The fourth-order valence-electron chi connectivity index (χ4n) is 0. The van der Waals surface area contributed by atoms with E-state index in [1.54, 1.807) is 0 Å². The van der Waals surface area contributed by atoms with Gasteiger partial charge in [0.05, 0.1) is 0 Å². The molecule has 50 valence electrons. The zero-order chi connectivity index (χ0) is 6.12. The highest BCUT2D eigenvalue weighted by atomic mass is 32.1. The van der Waals surface area contributed by atoms with E-state index in [9.17, 15) is 0 Å². The van der Waals surface area contributed by atoms with Gasteiger partial charge in [0, 0.05) is 0 Å². The number of hydrogen-bond acceptors (Lipinski definition) is 2. The van der Waals surface area contributed by atoms with Crippen LogP contribution in [0, 0.1) is 5.41 Å². The van der Waals surface area contributed by atoms with Crippen molar-refractivity contribution < 1.29 is 4.79 Å². The number of carbonyl (C=O) groups excluding carboxylic acids is 1. The second-order valence-electron chi connectivity index (χ2n) is 1.10. The highest BCUT2D eigenvalue weighted by molar-refractivity contribution is 7.59. The van der Waals surface area contributed by atoms with Gasteiger partial charge in [-0.3, -0.25) is 0 Å². The molecular weight excluding hydrogens is 122 g/mol. The van der Waals surface area contributed by atoms with Crippen LogP contribution in [0.3, 0.4) is 0 Å². The molecule has 0 saturated carbocycles. The van der Waals surface area contributed by atoms with E-state index in [-0.39, 0.29) is 13.5 Å². The standard InChI is InChI=1S/C4H10.CHNO.H2S/c1-3-4-2;2-1-3;/h3-4H2,1-2H3;2H;1H2. The number of isocyanates is 1. The quantitative estimate of drug-likeness (QED) is 0.432. The molecule has 0 aromatic rings. The molecule has 0 bridgehead atoms. The van der Waals surface area contributed by atoms with E-state index >= 15 is 0 Å². The van der Waals surface area contributed by atoms with Gasteiger partial charge in [-0.1, -0.05) is 26.7 Å². The highest BCUT2D eigenvalue weighted by Gasteiger charge is 1.56. The normalized spacial score (nSPS) is 4.75. The van der Waals surface area contributed by atoms with Crippen LogP contribution >= 0.6 is 13.5 Å². The lowest BCUT2D eigenvalue weighted by atomic mass is 10.4. The van der Waals surface area contributed by atoms with E-state index in [1.165, 1.54) is 12.8 Å². The molecule has 0 aromatic heterocycles. The molecule has 0 unspecified atom stereocenters. The number of nitrogens with one attached hydrogen (secondary N) is 1. The SMILES string of the molecule is CCCC.N=C=O.S. The summed E-state index contributed by atoms with van der Waals surface area (Å²) in [5.41, 5.74) is 0. The first-order valence-corrected chi connectivity index (χ1v) is 2.37. The molecule has 0 rings (SSSR count). The third kappa shape index (κ3) is 241. The van der Waals surface area contributed by atoms with Gasteiger partial charge in [0.25, 0.3) is 0 Å². The first-order chi connectivity index (χ1) is 3.33. The van der Waals surface area contributed by atoms with Crippen LogP contribution < -0.4 is 0 Å². The average molecular weight is 135 g/mol. The van der Waals surface area contributed by atoms with E-state index in [0.29, 0.717) is 0 Å². The van der Waals surface area contributed by atoms with Crippen LogP contribution in [0.15, 0.2) is 0 Å². The Morgan fingerprint density at radius 3 is 1.50 bits per heavy atom. The summed E-state index contributed by atoms with van der Waals surface area (Å²) in [6.45, 7) is 4.36. The molecule has 0 saturated heterocycles. The lowest BCUT2D eigenvalue weighted by molar-refractivity contribution is 0.563. The van der Waals surface area contributed by atoms with Crippen molar-refractivity contribution in [1.82, 2.24) is 0 Å². The first-order valence-electron chi connectivity index (χ1n) is 2.37. The van der Waals surface area contributed by atoms with Crippen molar-refractivity contribution >= 4 is 19.6 Å². The Balaban J connectivity index is -0.0000000575. The van der Waals surface area contributed by atoms with Crippen LogP contribution in [0.1, 0.15) is 26.7 Å². The maximum absolute atomic E-state index is 8.35. The first kappa shape index (κ1) is 15.6. The predicted molar refractivity (Wildman–Crippen MR) is 39.4 cm³/mol. The summed E-state index contributed by atoms with van der Waals surface area (Å²) in [7, 11) is 0. The molecule has 0 radical (unpaired) electrons. The molecule has 3 heteroatoms. The summed E-state index contributed by atoms with van der Waals surface area (Å²) >= 11 is 0. The fraction of sp³-hybridized carbons (Fsp3) is 0.800. The molecule has 0 fully saturated rings. The molecule has 0 amide bonds. The van der Waals surface area contributed by atoms with Gasteiger partial charge in [-0.2, -0.15) is 13.5 Å². The lowest BCUT2D eigenvalue weighted by Gasteiger charge is -1.68. The van der Waals surface area contributed by atoms with Crippen LogP contribution in [0.25, 0.3) is 0 Å². The Morgan fingerprint density at radius 1 is 1.38 bits per heavy atom. The average Bonchev–Trinajstić information content (AvgIpc) is 1.69. The summed E-state index contributed by atoms with van der Waals surface area (Å²) in [4.78, 5) is 8.35. The zero-order valence-corrected chi connectivity index (χ0v) is 6.32. The highest BCUT2D eigenvalue weighted by Crippen LogP contribution is 1.76. The van der Waals surface area contributed by atoms with E-state index in [0.717, 1.165) is 6.08 Å². The van der Waals surface area contributed by atoms with Crippen molar-refractivity contribution in [3.05, 3.63) is 0 Å².